The monoisotopic (exact) mass is 613 g/mol. The maximum absolute atomic E-state index is 12.4. The molecule has 0 aliphatic heterocycles. The number of likely N-dealkylation sites (N-methyl/N-ethyl adjacent to an activating group) is 2. The molecule has 12 nitrogen and oxygen atoms in total. The number of methoxy groups -OCH3 is 1. The predicted molar refractivity (Wildman–Crippen MR) is 173 cm³/mol. The SMILES string of the molecule is COc1cc(N(C)CCN(C)C(=O)OC(C)(C)C)c([N+](=O)[O-])cc1Nc1nccc(-c2cn(C34CC(C3)C4)c3ccccc23)n1. The first-order valence-corrected chi connectivity index (χ1v) is 15.1. The van der Waals surface area contributed by atoms with Crippen molar-refractivity contribution < 1.29 is 19.2 Å². The minimum Gasteiger partial charge on any atom is -0.494 e. The summed E-state index contributed by atoms with van der Waals surface area (Å²) in [7, 11) is 4.86. The number of fused-ring (bicyclic) bond motifs is 1. The van der Waals surface area contributed by atoms with Crippen LogP contribution in [0.15, 0.2) is 54.9 Å². The average molecular weight is 614 g/mol. The summed E-state index contributed by atoms with van der Waals surface area (Å²) in [6, 6.07) is 13.3. The minimum absolute atomic E-state index is 0.126. The highest BCUT2D eigenvalue weighted by Crippen LogP contribution is 2.63. The number of aromatic nitrogens is 3. The molecule has 3 aliphatic rings. The number of ether oxygens (including phenoxy) is 2. The van der Waals surface area contributed by atoms with E-state index in [0.29, 0.717) is 36.2 Å². The van der Waals surface area contributed by atoms with Crippen molar-refractivity contribution in [3.63, 3.8) is 0 Å². The zero-order valence-electron chi connectivity index (χ0n) is 26.5. The lowest BCUT2D eigenvalue weighted by molar-refractivity contribution is -0.384. The van der Waals surface area contributed by atoms with E-state index in [0.717, 1.165) is 22.6 Å². The van der Waals surface area contributed by atoms with Gasteiger partial charge in [0.25, 0.3) is 5.69 Å². The molecule has 0 saturated heterocycles. The molecule has 1 N–H and O–H groups in total. The summed E-state index contributed by atoms with van der Waals surface area (Å²) in [5.74, 6) is 1.54. The van der Waals surface area contributed by atoms with Crippen LogP contribution in [-0.4, -0.2) is 70.3 Å². The van der Waals surface area contributed by atoms with Crippen LogP contribution in [0.4, 0.5) is 27.8 Å². The summed E-state index contributed by atoms with van der Waals surface area (Å²) in [6.45, 7) is 6.02. The molecule has 45 heavy (non-hydrogen) atoms. The van der Waals surface area contributed by atoms with Gasteiger partial charge in [-0.05, 0) is 58.1 Å². The summed E-state index contributed by atoms with van der Waals surface area (Å²) in [5.41, 5.74) is 3.16. The van der Waals surface area contributed by atoms with Crippen LogP contribution < -0.4 is 15.0 Å². The molecule has 7 rings (SSSR count). The maximum atomic E-state index is 12.4. The van der Waals surface area contributed by atoms with Gasteiger partial charge < -0.3 is 29.2 Å². The predicted octanol–water partition coefficient (Wildman–Crippen LogP) is 6.57. The second-order valence-electron chi connectivity index (χ2n) is 13.1. The molecule has 4 aromatic rings. The van der Waals surface area contributed by atoms with Crippen molar-refractivity contribution in [2.75, 3.05) is 44.5 Å². The Labute approximate surface area is 262 Å². The Kier molecular flexibility index (Phi) is 7.54. The standard InChI is InChI=1S/C33H39N7O5/c1-32(2,3)45-31(41)38(5)14-13-37(4)27-16-29(44-6)25(15-28(27)40(42)43)36-30-34-12-11-24(35-30)23-20-39(33-17-21(18-33)19-33)26-10-8-7-9-22(23)26/h7-12,15-16,20-21H,13-14,17-19H2,1-6H3,(H,34,35,36). The second-order valence-corrected chi connectivity index (χ2v) is 13.1. The molecule has 2 bridgehead atoms. The number of hydrogen-bond donors (Lipinski definition) is 1. The van der Waals surface area contributed by atoms with Crippen LogP contribution in [0, 0.1) is 16.0 Å². The van der Waals surface area contributed by atoms with E-state index in [4.69, 9.17) is 14.5 Å². The Hall–Kier alpha value is -4.87. The number of carbonyl (C=O) groups excluding carboxylic acids is 1. The van der Waals surface area contributed by atoms with Crippen LogP contribution in [-0.2, 0) is 10.3 Å². The number of nitro groups is 1. The van der Waals surface area contributed by atoms with E-state index < -0.39 is 16.6 Å². The minimum atomic E-state index is -0.621. The highest BCUT2D eigenvalue weighted by Gasteiger charge is 2.58. The molecular formula is C33H39N7O5. The van der Waals surface area contributed by atoms with Gasteiger partial charge in [-0.15, -0.1) is 0 Å². The van der Waals surface area contributed by atoms with Gasteiger partial charge in [0.15, 0.2) is 0 Å². The van der Waals surface area contributed by atoms with Crippen molar-refractivity contribution in [2.45, 2.75) is 51.2 Å². The van der Waals surface area contributed by atoms with Crippen LogP contribution in [0.2, 0.25) is 0 Å². The van der Waals surface area contributed by atoms with Gasteiger partial charge in [-0.3, -0.25) is 10.1 Å². The number of carbonyl (C=O) groups is 1. The summed E-state index contributed by atoms with van der Waals surface area (Å²) < 4.78 is 13.5. The molecule has 3 saturated carbocycles. The summed E-state index contributed by atoms with van der Waals surface area (Å²) >= 11 is 0. The molecule has 2 aromatic carbocycles. The van der Waals surface area contributed by atoms with Crippen LogP contribution in [0.25, 0.3) is 22.2 Å². The summed E-state index contributed by atoms with van der Waals surface area (Å²) in [4.78, 5) is 36.5. The van der Waals surface area contributed by atoms with Crippen LogP contribution in [0.1, 0.15) is 40.0 Å². The van der Waals surface area contributed by atoms with Gasteiger partial charge in [-0.25, -0.2) is 14.8 Å². The van der Waals surface area contributed by atoms with E-state index in [-0.39, 0.29) is 11.2 Å². The largest absolute Gasteiger partial charge is 0.494 e. The molecule has 3 aliphatic carbocycles. The van der Waals surface area contributed by atoms with E-state index in [1.807, 2.05) is 12.1 Å². The van der Waals surface area contributed by atoms with Crippen LogP contribution in [0.5, 0.6) is 5.75 Å². The zero-order chi connectivity index (χ0) is 32.1. The van der Waals surface area contributed by atoms with Gasteiger partial charge in [-0.2, -0.15) is 0 Å². The quantitative estimate of drug-likeness (QED) is 0.156. The van der Waals surface area contributed by atoms with Crippen molar-refractivity contribution in [1.29, 1.82) is 0 Å². The van der Waals surface area contributed by atoms with E-state index >= 15 is 0 Å². The molecule has 1 amide bonds. The van der Waals surface area contributed by atoms with Crippen LogP contribution >= 0.6 is 0 Å². The summed E-state index contributed by atoms with van der Waals surface area (Å²) in [5, 5.41) is 16.5. The Morgan fingerprint density at radius 1 is 1.16 bits per heavy atom. The Bertz CT molecular complexity index is 1760. The molecule has 2 aromatic heterocycles. The molecule has 0 radical (unpaired) electrons. The molecule has 12 heteroatoms. The third-order valence-corrected chi connectivity index (χ3v) is 8.79. The number of anilines is 3. The fourth-order valence-electron chi connectivity index (χ4n) is 6.32. The van der Waals surface area contributed by atoms with Crippen molar-refractivity contribution in [2.24, 2.45) is 5.92 Å². The van der Waals surface area contributed by atoms with E-state index in [1.54, 1.807) is 52.0 Å². The van der Waals surface area contributed by atoms with Gasteiger partial charge in [0.1, 0.15) is 17.0 Å². The second kappa shape index (κ2) is 11.2. The van der Waals surface area contributed by atoms with Gasteiger partial charge in [0.2, 0.25) is 5.95 Å². The van der Waals surface area contributed by atoms with E-state index in [9.17, 15) is 14.9 Å². The third-order valence-electron chi connectivity index (χ3n) is 8.79. The molecule has 2 heterocycles. The number of nitro benzene ring substituents is 1. The molecule has 0 spiro atoms. The molecule has 0 unspecified atom stereocenters. The van der Waals surface area contributed by atoms with Gasteiger partial charge in [0.05, 0.1) is 23.4 Å². The third kappa shape index (κ3) is 5.72. The smallest absolute Gasteiger partial charge is 0.410 e. The molecule has 236 valence electrons. The van der Waals surface area contributed by atoms with Gasteiger partial charge in [0, 0.05) is 73.7 Å². The van der Waals surface area contributed by atoms with Crippen LogP contribution in [0.3, 0.4) is 0 Å². The topological polar surface area (TPSA) is 128 Å². The zero-order valence-corrected chi connectivity index (χ0v) is 26.5. The first-order valence-electron chi connectivity index (χ1n) is 15.1. The fourth-order valence-corrected chi connectivity index (χ4v) is 6.32. The lowest BCUT2D eigenvalue weighted by atomic mass is 9.49. The Morgan fingerprint density at radius 3 is 2.53 bits per heavy atom. The Balaban J connectivity index is 1.25. The van der Waals surface area contributed by atoms with Crippen molar-refractivity contribution in [3.05, 3.63) is 65.0 Å². The lowest BCUT2D eigenvalue weighted by Gasteiger charge is -2.62. The van der Waals surface area contributed by atoms with Gasteiger partial charge >= 0.3 is 6.09 Å². The lowest BCUT2D eigenvalue weighted by Crippen LogP contribution is -2.58. The van der Waals surface area contributed by atoms with E-state index in [2.05, 4.69) is 39.3 Å². The number of para-hydroxylation sites is 1. The first-order chi connectivity index (χ1) is 21.4. The highest BCUT2D eigenvalue weighted by atomic mass is 16.6. The average Bonchev–Trinajstić information content (AvgIpc) is 3.32. The fraction of sp³-hybridized carbons (Fsp3) is 0.424. The number of rotatable bonds is 10. The number of amides is 1. The number of nitrogens with zero attached hydrogens (tertiary/aromatic N) is 6. The number of benzene rings is 2. The highest BCUT2D eigenvalue weighted by molar-refractivity contribution is 5.95. The first kappa shape index (κ1) is 30.2. The molecule has 3 fully saturated rings. The van der Waals surface area contributed by atoms with Crippen molar-refractivity contribution in [1.82, 2.24) is 19.4 Å². The summed E-state index contributed by atoms with van der Waals surface area (Å²) in [6.07, 6.45) is 7.11. The molecule has 0 atom stereocenters. The maximum Gasteiger partial charge on any atom is 0.410 e. The molecular weight excluding hydrogens is 574 g/mol. The number of hydrogen-bond acceptors (Lipinski definition) is 9. The van der Waals surface area contributed by atoms with Crippen molar-refractivity contribution >= 4 is 40.0 Å². The van der Waals surface area contributed by atoms with Crippen molar-refractivity contribution in [3.8, 4) is 17.0 Å². The van der Waals surface area contributed by atoms with Gasteiger partial charge in [-0.1, -0.05) is 18.2 Å². The van der Waals surface area contributed by atoms with E-state index in [1.165, 1.54) is 42.9 Å². The normalized spacial score (nSPS) is 18.5. The Morgan fingerprint density at radius 2 is 1.89 bits per heavy atom. The number of nitrogens with one attached hydrogen (secondary N) is 1.